The van der Waals surface area contributed by atoms with Crippen LogP contribution in [0, 0.1) is 0 Å². The first-order chi connectivity index (χ1) is 16.5. The number of nitrogens with zero attached hydrogens (tertiary/aromatic N) is 5. The van der Waals surface area contributed by atoms with E-state index in [0.717, 1.165) is 59.7 Å². The van der Waals surface area contributed by atoms with Gasteiger partial charge in [-0.15, -0.1) is 21.5 Å². The highest BCUT2D eigenvalue weighted by atomic mass is 32.2. The zero-order valence-corrected chi connectivity index (χ0v) is 21.9. The number of hydrogen-bond acceptors (Lipinski definition) is 7. The van der Waals surface area contributed by atoms with Gasteiger partial charge < -0.3 is 14.8 Å². The molecular formula is C25H34N6OS2. The summed E-state index contributed by atoms with van der Waals surface area (Å²) in [4.78, 5) is 19.8. The summed E-state index contributed by atoms with van der Waals surface area (Å²) in [6, 6.07) is 10.7. The lowest BCUT2D eigenvalue weighted by Gasteiger charge is -2.39. The molecule has 34 heavy (non-hydrogen) atoms. The average molecular weight is 499 g/mol. The highest BCUT2D eigenvalue weighted by molar-refractivity contribution is 7.99. The van der Waals surface area contributed by atoms with E-state index in [4.69, 9.17) is 4.98 Å². The molecule has 1 amide bonds. The van der Waals surface area contributed by atoms with Crippen LogP contribution in [0.4, 0.5) is 10.8 Å². The number of carbonyl (C=O) groups excluding carboxylic acids is 1. The lowest BCUT2D eigenvalue weighted by Crippen LogP contribution is -2.48. The number of nitrogens with one attached hydrogen (secondary N) is 1. The zero-order valence-electron chi connectivity index (χ0n) is 20.2. The molecule has 7 nitrogen and oxygen atoms in total. The summed E-state index contributed by atoms with van der Waals surface area (Å²) in [6.45, 7) is 7.36. The number of carbonyl (C=O) groups is 1. The van der Waals surface area contributed by atoms with E-state index in [2.05, 4.69) is 51.1 Å². The van der Waals surface area contributed by atoms with Crippen molar-refractivity contribution in [3.63, 3.8) is 0 Å². The van der Waals surface area contributed by atoms with Gasteiger partial charge in [0.25, 0.3) is 0 Å². The normalized spacial score (nSPS) is 18.3. The van der Waals surface area contributed by atoms with Gasteiger partial charge in [-0.05, 0) is 51.7 Å². The molecule has 0 saturated carbocycles. The third kappa shape index (κ3) is 6.18. The van der Waals surface area contributed by atoms with Gasteiger partial charge in [0.1, 0.15) is 5.82 Å². The lowest BCUT2D eigenvalue weighted by molar-refractivity contribution is -0.134. The monoisotopic (exact) mass is 498 g/mol. The Balaban J connectivity index is 1.42. The Labute approximate surface area is 210 Å². The first kappa shape index (κ1) is 24.7. The van der Waals surface area contributed by atoms with E-state index >= 15 is 0 Å². The smallest absolute Gasteiger partial charge is 0.233 e. The highest BCUT2D eigenvalue weighted by Gasteiger charge is 2.29. The van der Waals surface area contributed by atoms with E-state index in [9.17, 15) is 4.79 Å². The number of anilines is 2. The second kappa shape index (κ2) is 11.8. The Kier molecular flexibility index (Phi) is 8.61. The molecule has 182 valence electrons. The third-order valence-electron chi connectivity index (χ3n) is 6.25. The molecule has 1 saturated heterocycles. The molecule has 2 atom stereocenters. The van der Waals surface area contributed by atoms with Crippen LogP contribution in [0.1, 0.15) is 64.4 Å². The maximum Gasteiger partial charge on any atom is 0.233 e. The fourth-order valence-corrected chi connectivity index (χ4v) is 6.05. The van der Waals surface area contributed by atoms with Crippen LogP contribution in [0.3, 0.4) is 0 Å². The number of amides is 1. The number of rotatable bonds is 10. The van der Waals surface area contributed by atoms with E-state index < -0.39 is 0 Å². The van der Waals surface area contributed by atoms with Crippen LogP contribution >= 0.6 is 23.1 Å². The molecule has 0 spiro atoms. The van der Waals surface area contributed by atoms with E-state index in [-0.39, 0.29) is 5.91 Å². The van der Waals surface area contributed by atoms with Crippen LogP contribution in [0.2, 0.25) is 0 Å². The van der Waals surface area contributed by atoms with Crippen molar-refractivity contribution in [3.05, 3.63) is 47.2 Å². The standard InChI is InChI=1S/C25H34N6OS2/c1-4-5-14-30-22(15-21-16-33-24(27-21)26-20-12-7-6-8-13-20)28-29-25(30)34-17-23(32)31-18(2)10-9-11-19(31)3/h6-8,12-13,16,18-19H,4-5,9-11,14-15,17H2,1-3H3,(H,26,27)/t18-,19-/m0/s1. The van der Waals surface area contributed by atoms with Crippen molar-refractivity contribution >= 4 is 39.8 Å². The minimum absolute atomic E-state index is 0.201. The molecule has 1 aromatic carbocycles. The number of thioether (sulfide) groups is 1. The first-order valence-corrected chi connectivity index (χ1v) is 14.0. The molecule has 2 aromatic heterocycles. The molecule has 3 aromatic rings. The Hall–Kier alpha value is -2.39. The van der Waals surface area contributed by atoms with Crippen molar-refractivity contribution in [1.82, 2.24) is 24.6 Å². The minimum atomic E-state index is 0.201. The number of benzene rings is 1. The van der Waals surface area contributed by atoms with Gasteiger partial charge in [0.15, 0.2) is 10.3 Å². The topological polar surface area (TPSA) is 75.9 Å². The Morgan fingerprint density at radius 3 is 2.68 bits per heavy atom. The van der Waals surface area contributed by atoms with Crippen LogP contribution < -0.4 is 5.32 Å². The van der Waals surface area contributed by atoms with E-state index in [0.29, 0.717) is 24.3 Å². The Morgan fingerprint density at radius 2 is 1.94 bits per heavy atom. The van der Waals surface area contributed by atoms with Gasteiger partial charge in [0, 0.05) is 29.7 Å². The molecule has 0 aliphatic carbocycles. The fraction of sp³-hybridized carbons (Fsp3) is 0.520. The lowest BCUT2D eigenvalue weighted by atomic mass is 9.98. The molecule has 1 aliphatic heterocycles. The van der Waals surface area contributed by atoms with Crippen LogP contribution in [0.15, 0.2) is 40.9 Å². The van der Waals surface area contributed by atoms with Crippen LogP contribution in [-0.4, -0.2) is 48.4 Å². The van der Waals surface area contributed by atoms with E-state index in [1.807, 2.05) is 30.3 Å². The number of hydrogen-bond donors (Lipinski definition) is 1. The Bertz CT molecular complexity index is 1060. The van der Waals surface area contributed by atoms with E-state index in [1.54, 1.807) is 11.3 Å². The number of unbranched alkanes of at least 4 members (excludes halogenated alkanes) is 1. The summed E-state index contributed by atoms with van der Waals surface area (Å²) >= 11 is 3.10. The second-order valence-electron chi connectivity index (χ2n) is 8.93. The number of likely N-dealkylation sites (tertiary alicyclic amines) is 1. The van der Waals surface area contributed by atoms with Crippen LogP contribution in [0.5, 0.6) is 0 Å². The van der Waals surface area contributed by atoms with Crippen LogP contribution in [-0.2, 0) is 17.8 Å². The molecule has 9 heteroatoms. The van der Waals surface area contributed by atoms with E-state index in [1.165, 1.54) is 18.2 Å². The molecular weight excluding hydrogens is 464 g/mol. The minimum Gasteiger partial charge on any atom is -0.337 e. The summed E-state index contributed by atoms with van der Waals surface area (Å²) < 4.78 is 2.17. The molecule has 3 heterocycles. The van der Waals surface area contributed by atoms with Gasteiger partial charge in [-0.2, -0.15) is 0 Å². The first-order valence-electron chi connectivity index (χ1n) is 12.2. The van der Waals surface area contributed by atoms with Gasteiger partial charge in [0.05, 0.1) is 17.9 Å². The van der Waals surface area contributed by atoms with Crippen molar-refractivity contribution in [3.8, 4) is 0 Å². The zero-order chi connectivity index (χ0) is 23.9. The van der Waals surface area contributed by atoms with Crippen molar-refractivity contribution in [2.45, 2.75) is 83.1 Å². The van der Waals surface area contributed by atoms with Crippen molar-refractivity contribution in [1.29, 1.82) is 0 Å². The highest BCUT2D eigenvalue weighted by Crippen LogP contribution is 2.27. The molecule has 1 aliphatic rings. The maximum atomic E-state index is 13.0. The van der Waals surface area contributed by atoms with Gasteiger partial charge >= 0.3 is 0 Å². The predicted octanol–water partition coefficient (Wildman–Crippen LogP) is 5.75. The average Bonchev–Trinajstić information content (AvgIpc) is 3.43. The molecule has 0 radical (unpaired) electrons. The number of aromatic nitrogens is 4. The van der Waals surface area contributed by atoms with Gasteiger partial charge in [0.2, 0.25) is 5.91 Å². The van der Waals surface area contributed by atoms with Crippen molar-refractivity contribution < 1.29 is 4.79 Å². The van der Waals surface area contributed by atoms with Crippen molar-refractivity contribution in [2.75, 3.05) is 11.1 Å². The van der Waals surface area contributed by atoms with Crippen molar-refractivity contribution in [2.24, 2.45) is 0 Å². The van der Waals surface area contributed by atoms with Gasteiger partial charge in [-0.1, -0.05) is 43.3 Å². The summed E-state index contributed by atoms with van der Waals surface area (Å²) in [5.74, 6) is 1.51. The van der Waals surface area contributed by atoms with Crippen LogP contribution in [0.25, 0.3) is 0 Å². The van der Waals surface area contributed by atoms with Gasteiger partial charge in [-0.25, -0.2) is 4.98 Å². The molecule has 4 rings (SSSR count). The summed E-state index contributed by atoms with van der Waals surface area (Å²) in [6.07, 6.45) is 6.14. The second-order valence-corrected chi connectivity index (χ2v) is 10.7. The summed E-state index contributed by atoms with van der Waals surface area (Å²) in [5, 5.41) is 16.1. The molecule has 1 N–H and O–H groups in total. The third-order valence-corrected chi connectivity index (χ3v) is 8.01. The predicted molar refractivity (Wildman–Crippen MR) is 140 cm³/mol. The number of thiazole rings is 1. The quantitative estimate of drug-likeness (QED) is 0.359. The molecule has 0 unspecified atom stereocenters. The maximum absolute atomic E-state index is 13.0. The SMILES string of the molecule is CCCCn1c(Cc2csc(Nc3ccccc3)n2)nnc1SCC(=O)N1[C@@H](C)CCC[C@@H]1C. The number of piperidine rings is 1. The largest absolute Gasteiger partial charge is 0.337 e. The molecule has 0 bridgehead atoms. The van der Waals surface area contributed by atoms with Gasteiger partial charge in [-0.3, -0.25) is 4.79 Å². The summed E-state index contributed by atoms with van der Waals surface area (Å²) in [7, 11) is 0. The fourth-order valence-electron chi connectivity index (χ4n) is 4.46. The Morgan fingerprint density at radius 1 is 1.18 bits per heavy atom. The number of para-hydroxylation sites is 1. The molecule has 1 fully saturated rings. The summed E-state index contributed by atoms with van der Waals surface area (Å²) in [5.41, 5.74) is 1.99.